The van der Waals surface area contributed by atoms with Gasteiger partial charge < -0.3 is 20.7 Å². The summed E-state index contributed by atoms with van der Waals surface area (Å²) in [6, 6.07) is 14.5. The molecule has 3 N–H and O–H groups in total. The second-order valence-corrected chi connectivity index (χ2v) is 6.84. The molecule has 2 aromatic carbocycles. The van der Waals surface area contributed by atoms with Gasteiger partial charge in [-0.15, -0.1) is 0 Å². The van der Waals surface area contributed by atoms with E-state index in [1.165, 1.54) is 0 Å². The molecule has 0 aliphatic heterocycles. The van der Waals surface area contributed by atoms with E-state index in [4.69, 9.17) is 4.74 Å². The third-order valence-corrected chi connectivity index (χ3v) is 3.90. The summed E-state index contributed by atoms with van der Waals surface area (Å²) < 4.78 is 5.65. The maximum Gasteiger partial charge on any atom is 0.251 e. The third-order valence-electron chi connectivity index (χ3n) is 3.90. The van der Waals surface area contributed by atoms with E-state index in [-0.39, 0.29) is 24.4 Å². The van der Waals surface area contributed by atoms with E-state index in [1.54, 1.807) is 24.3 Å². The van der Waals surface area contributed by atoms with Crippen molar-refractivity contribution in [2.45, 2.75) is 39.7 Å². The van der Waals surface area contributed by atoms with Gasteiger partial charge in [-0.25, -0.2) is 0 Å². The predicted octanol–water partition coefficient (Wildman–Crippen LogP) is 4.05. The fourth-order valence-corrected chi connectivity index (χ4v) is 2.47. The Bertz CT molecular complexity index is 773. The molecule has 2 rings (SSSR count). The van der Waals surface area contributed by atoms with Crippen molar-refractivity contribution in [2.24, 2.45) is 0 Å². The molecule has 2 amide bonds. The van der Waals surface area contributed by atoms with Crippen LogP contribution in [0.3, 0.4) is 0 Å². The molecule has 0 aliphatic carbocycles. The minimum absolute atomic E-state index is 0.0875. The van der Waals surface area contributed by atoms with Crippen molar-refractivity contribution in [3.05, 3.63) is 54.1 Å². The van der Waals surface area contributed by atoms with Crippen LogP contribution in [0.25, 0.3) is 0 Å². The number of nitrogens with one attached hydrogen (secondary N) is 3. The number of amides is 2. The van der Waals surface area contributed by atoms with Crippen LogP contribution in [-0.4, -0.2) is 31.0 Å². The molecule has 0 bridgehead atoms. The van der Waals surface area contributed by atoms with E-state index in [1.807, 2.05) is 38.1 Å². The number of carbonyl (C=O) groups excluding carboxylic acids is 2. The number of ether oxygens (including phenoxy) is 1. The Morgan fingerprint density at radius 1 is 1.04 bits per heavy atom. The first-order valence-corrected chi connectivity index (χ1v) is 9.65. The van der Waals surface area contributed by atoms with Crippen LogP contribution in [0.1, 0.15) is 44.0 Å². The molecule has 0 aliphatic rings. The first-order valence-electron chi connectivity index (χ1n) is 9.65. The number of unbranched alkanes of at least 4 members (excludes halogenated alkanes) is 1. The SMILES string of the molecule is CCCCOc1cccc(NC(=O)CNc2ccc(C(=O)NC(C)C)cc2)c1. The molecule has 150 valence electrons. The second-order valence-electron chi connectivity index (χ2n) is 6.84. The minimum atomic E-state index is -0.160. The minimum Gasteiger partial charge on any atom is -0.494 e. The molecule has 0 atom stereocenters. The van der Waals surface area contributed by atoms with Gasteiger partial charge in [-0.05, 0) is 56.7 Å². The predicted molar refractivity (Wildman–Crippen MR) is 113 cm³/mol. The van der Waals surface area contributed by atoms with Crippen LogP contribution < -0.4 is 20.7 Å². The van der Waals surface area contributed by atoms with Crippen molar-refractivity contribution in [1.29, 1.82) is 0 Å². The molecule has 28 heavy (non-hydrogen) atoms. The highest BCUT2D eigenvalue weighted by molar-refractivity contribution is 5.95. The fraction of sp³-hybridized carbons (Fsp3) is 0.364. The van der Waals surface area contributed by atoms with Crippen molar-refractivity contribution in [3.8, 4) is 5.75 Å². The molecule has 0 unspecified atom stereocenters. The van der Waals surface area contributed by atoms with E-state index >= 15 is 0 Å². The molecule has 6 nitrogen and oxygen atoms in total. The number of hydrogen-bond acceptors (Lipinski definition) is 4. The highest BCUT2D eigenvalue weighted by Gasteiger charge is 2.07. The van der Waals surface area contributed by atoms with Crippen LogP contribution in [0, 0.1) is 0 Å². The van der Waals surface area contributed by atoms with Crippen molar-refractivity contribution < 1.29 is 14.3 Å². The Labute approximate surface area is 166 Å². The van der Waals surface area contributed by atoms with Crippen LogP contribution in [0.4, 0.5) is 11.4 Å². The Balaban J connectivity index is 1.82. The van der Waals surface area contributed by atoms with E-state index in [0.717, 1.165) is 24.3 Å². The maximum atomic E-state index is 12.2. The highest BCUT2D eigenvalue weighted by Crippen LogP contribution is 2.18. The van der Waals surface area contributed by atoms with Gasteiger partial charge in [-0.1, -0.05) is 19.4 Å². The van der Waals surface area contributed by atoms with Gasteiger partial charge in [0.25, 0.3) is 5.91 Å². The summed E-state index contributed by atoms with van der Waals surface area (Å²) in [5.74, 6) is 0.474. The van der Waals surface area contributed by atoms with E-state index in [2.05, 4.69) is 22.9 Å². The van der Waals surface area contributed by atoms with E-state index < -0.39 is 0 Å². The maximum absolute atomic E-state index is 12.2. The average Bonchev–Trinajstić information content (AvgIpc) is 2.67. The van der Waals surface area contributed by atoms with Gasteiger partial charge in [0.1, 0.15) is 5.75 Å². The van der Waals surface area contributed by atoms with Crippen LogP contribution in [0.15, 0.2) is 48.5 Å². The van der Waals surface area contributed by atoms with Gasteiger partial charge in [-0.3, -0.25) is 9.59 Å². The first-order chi connectivity index (χ1) is 13.5. The highest BCUT2D eigenvalue weighted by atomic mass is 16.5. The van der Waals surface area contributed by atoms with Gasteiger partial charge in [0.05, 0.1) is 13.2 Å². The average molecular weight is 383 g/mol. The van der Waals surface area contributed by atoms with Crippen LogP contribution in [0.2, 0.25) is 0 Å². The van der Waals surface area contributed by atoms with Crippen molar-refractivity contribution >= 4 is 23.2 Å². The largest absolute Gasteiger partial charge is 0.494 e. The molecule has 0 fully saturated rings. The number of hydrogen-bond donors (Lipinski definition) is 3. The lowest BCUT2D eigenvalue weighted by Gasteiger charge is -2.11. The standard InChI is InChI=1S/C22H29N3O3/c1-4-5-13-28-20-8-6-7-19(14-20)25-21(26)15-23-18-11-9-17(10-12-18)22(27)24-16(2)3/h6-12,14,16,23H,4-5,13,15H2,1-3H3,(H,24,27)(H,25,26). The molecular formula is C22H29N3O3. The quantitative estimate of drug-likeness (QED) is 0.541. The van der Waals surface area contributed by atoms with Crippen LogP contribution in [0.5, 0.6) is 5.75 Å². The van der Waals surface area contributed by atoms with E-state index in [9.17, 15) is 9.59 Å². The first kappa shape index (κ1) is 21.3. The Morgan fingerprint density at radius 3 is 2.46 bits per heavy atom. The van der Waals surface area contributed by atoms with Crippen LogP contribution in [-0.2, 0) is 4.79 Å². The summed E-state index contributed by atoms with van der Waals surface area (Å²) in [6.07, 6.45) is 2.07. The molecule has 0 radical (unpaired) electrons. The lowest BCUT2D eigenvalue weighted by Crippen LogP contribution is -2.30. The summed E-state index contributed by atoms with van der Waals surface area (Å²) >= 11 is 0. The molecule has 0 saturated carbocycles. The molecule has 0 aromatic heterocycles. The number of carbonyl (C=O) groups is 2. The Morgan fingerprint density at radius 2 is 1.79 bits per heavy atom. The molecule has 0 spiro atoms. The van der Waals surface area contributed by atoms with Gasteiger partial charge in [-0.2, -0.15) is 0 Å². The lowest BCUT2D eigenvalue weighted by molar-refractivity contribution is -0.114. The van der Waals surface area contributed by atoms with Crippen LogP contribution >= 0.6 is 0 Å². The number of benzene rings is 2. The van der Waals surface area contributed by atoms with Crippen molar-refractivity contribution in [2.75, 3.05) is 23.8 Å². The smallest absolute Gasteiger partial charge is 0.251 e. The van der Waals surface area contributed by atoms with E-state index in [0.29, 0.717) is 17.9 Å². The summed E-state index contributed by atoms with van der Waals surface area (Å²) in [5, 5.41) is 8.74. The zero-order valence-corrected chi connectivity index (χ0v) is 16.7. The lowest BCUT2D eigenvalue weighted by atomic mass is 10.2. The van der Waals surface area contributed by atoms with Gasteiger partial charge >= 0.3 is 0 Å². The zero-order chi connectivity index (χ0) is 20.4. The summed E-state index contributed by atoms with van der Waals surface area (Å²) in [5.41, 5.74) is 2.05. The van der Waals surface area contributed by atoms with Crippen molar-refractivity contribution in [3.63, 3.8) is 0 Å². The van der Waals surface area contributed by atoms with Gasteiger partial charge in [0, 0.05) is 29.0 Å². The second kappa shape index (κ2) is 11.0. The topological polar surface area (TPSA) is 79.5 Å². The molecule has 6 heteroatoms. The molecule has 0 saturated heterocycles. The summed E-state index contributed by atoms with van der Waals surface area (Å²) in [4.78, 5) is 24.1. The molecule has 0 heterocycles. The van der Waals surface area contributed by atoms with Crippen molar-refractivity contribution in [1.82, 2.24) is 5.32 Å². The molecule has 2 aromatic rings. The Hall–Kier alpha value is -3.02. The summed E-state index contributed by atoms with van der Waals surface area (Å²) in [7, 11) is 0. The number of anilines is 2. The van der Waals surface area contributed by atoms with Gasteiger partial charge in [0.2, 0.25) is 5.91 Å². The number of rotatable bonds is 10. The normalized spacial score (nSPS) is 10.4. The fourth-order valence-electron chi connectivity index (χ4n) is 2.47. The molecular weight excluding hydrogens is 354 g/mol. The summed E-state index contributed by atoms with van der Waals surface area (Å²) in [6.45, 7) is 6.74. The monoisotopic (exact) mass is 383 g/mol. The zero-order valence-electron chi connectivity index (χ0n) is 16.7. The third kappa shape index (κ3) is 7.31. The Kier molecular flexibility index (Phi) is 8.34. The van der Waals surface area contributed by atoms with Gasteiger partial charge in [0.15, 0.2) is 0 Å².